The van der Waals surface area contributed by atoms with E-state index in [2.05, 4.69) is 42.4 Å². The van der Waals surface area contributed by atoms with Crippen molar-refractivity contribution in [2.75, 3.05) is 45.9 Å². The lowest BCUT2D eigenvalue weighted by atomic mass is 10.1. The van der Waals surface area contributed by atoms with Crippen molar-refractivity contribution in [2.45, 2.75) is 323 Å². The number of hydrogen-bond donors (Lipinski definition) is 1. The van der Waals surface area contributed by atoms with E-state index in [9.17, 15) is 14.7 Å². The van der Waals surface area contributed by atoms with Gasteiger partial charge in [0.25, 0.3) is 0 Å². The third-order valence-corrected chi connectivity index (χ3v) is 15.1. The van der Waals surface area contributed by atoms with Crippen molar-refractivity contribution in [2.24, 2.45) is 5.92 Å². The molecular weight excluding hydrogens is 811 g/mol. The minimum Gasteiger partial charge on any atom is -0.396 e. The van der Waals surface area contributed by atoms with E-state index in [-0.39, 0.29) is 0 Å². The second-order valence-corrected chi connectivity index (χ2v) is 21.5. The Morgan fingerprint density at radius 2 is 0.561 bits per heavy atom. The van der Waals surface area contributed by atoms with Crippen molar-refractivity contribution in [1.29, 1.82) is 0 Å². The highest BCUT2D eigenvalue weighted by Gasteiger charge is 2.40. The maximum atomic E-state index is 13.4. The third-order valence-electron chi connectivity index (χ3n) is 15.1. The summed E-state index contributed by atoms with van der Waals surface area (Å²) in [7, 11) is 0. The molecule has 66 heavy (non-hydrogen) atoms. The van der Waals surface area contributed by atoms with E-state index >= 15 is 0 Å². The van der Waals surface area contributed by atoms with Crippen molar-refractivity contribution < 1.29 is 14.7 Å². The summed E-state index contributed by atoms with van der Waals surface area (Å²) in [6, 6.07) is 0.575. The van der Waals surface area contributed by atoms with E-state index in [1.807, 2.05) is 0 Å². The Labute approximate surface area is 414 Å². The van der Waals surface area contributed by atoms with Crippen molar-refractivity contribution in [3.8, 4) is 0 Å². The van der Waals surface area contributed by atoms with Gasteiger partial charge in [-0.2, -0.15) is 0 Å². The Balaban J connectivity index is 2.36. The average Bonchev–Trinajstić information content (AvgIpc) is 4.12. The molecule has 0 saturated heterocycles. The summed E-state index contributed by atoms with van der Waals surface area (Å²) in [5.41, 5.74) is 0. The first-order chi connectivity index (χ1) is 32.5. The van der Waals surface area contributed by atoms with Gasteiger partial charge in [0.1, 0.15) is 0 Å². The van der Waals surface area contributed by atoms with E-state index in [0.29, 0.717) is 30.4 Å². The molecule has 6 nitrogen and oxygen atoms in total. The normalized spacial score (nSPS) is 14.7. The molecule has 2 atom stereocenters. The van der Waals surface area contributed by atoms with Gasteiger partial charge in [0.2, 0.25) is 11.8 Å². The molecule has 1 rings (SSSR count). The molecule has 0 heterocycles. The molecule has 0 aliphatic heterocycles. The summed E-state index contributed by atoms with van der Waals surface area (Å²) in [6.07, 6.45) is 56.6. The van der Waals surface area contributed by atoms with Gasteiger partial charge in [-0.05, 0) is 76.8 Å². The molecular formula is C60H119N3O3. The number of amides is 2. The number of aliphatic hydroxyl groups excluding tert-OH is 1. The van der Waals surface area contributed by atoms with Crippen LogP contribution in [0.4, 0.5) is 0 Å². The molecule has 6 heteroatoms. The number of carbonyl (C=O) groups is 2. The van der Waals surface area contributed by atoms with E-state index in [0.717, 1.165) is 84.2 Å². The fraction of sp³-hybridized carbons (Fsp3) is 0.967. The summed E-state index contributed by atoms with van der Waals surface area (Å²) in [5.74, 6) is 1.29. The van der Waals surface area contributed by atoms with Crippen LogP contribution in [0.3, 0.4) is 0 Å². The van der Waals surface area contributed by atoms with Crippen LogP contribution in [0.15, 0.2) is 0 Å². The van der Waals surface area contributed by atoms with Crippen LogP contribution in [-0.4, -0.2) is 83.5 Å². The maximum Gasteiger partial charge on any atom is 0.222 e. The van der Waals surface area contributed by atoms with Crippen molar-refractivity contribution in [3.05, 3.63) is 0 Å². The predicted molar refractivity (Wildman–Crippen MR) is 290 cm³/mol. The summed E-state index contributed by atoms with van der Waals surface area (Å²) < 4.78 is 0. The van der Waals surface area contributed by atoms with Gasteiger partial charge in [-0.25, -0.2) is 0 Å². The van der Waals surface area contributed by atoms with Crippen LogP contribution in [0.25, 0.3) is 0 Å². The Kier molecular flexibility index (Phi) is 46.6. The highest BCUT2D eigenvalue weighted by molar-refractivity contribution is 5.76. The van der Waals surface area contributed by atoms with Crippen LogP contribution in [0, 0.1) is 5.92 Å². The SMILES string of the molecule is CCCCCCCCCCN(CCCCCCCCCC)C(=O)CCCCCCCN(CCCCCCCC(=O)N(CCCCCCCCCC)CCCCCCCCCC)C1C[C@H]1CO. The number of hydrogen-bond acceptors (Lipinski definition) is 4. The van der Waals surface area contributed by atoms with E-state index < -0.39 is 0 Å². The molecule has 1 N–H and O–H groups in total. The second kappa shape index (κ2) is 48.9. The molecule has 0 aromatic rings. The van der Waals surface area contributed by atoms with Gasteiger partial charge in [-0.1, -0.05) is 246 Å². The summed E-state index contributed by atoms with van der Waals surface area (Å²) in [6.45, 7) is 15.6. The highest BCUT2D eigenvalue weighted by atomic mass is 16.3. The standard InChI is InChI=1S/C60H119N3O3/c1-5-9-13-17-21-25-33-43-51-62(52-44-34-26-22-18-14-10-6-2)59(65)47-39-31-29-37-41-49-61(58-55-57(58)56-64)50-42-38-30-32-40-48-60(66)63(53-45-35-27-23-19-15-11-7-3)54-46-36-28-24-20-16-12-8-4/h57-58,64H,5-56H2,1-4H3/t57-,58?/m0/s1. The molecule has 392 valence electrons. The van der Waals surface area contributed by atoms with Gasteiger partial charge in [0.05, 0.1) is 0 Å². The molecule has 0 aromatic carbocycles. The van der Waals surface area contributed by atoms with Crippen LogP contribution >= 0.6 is 0 Å². The topological polar surface area (TPSA) is 64.1 Å². The molecule has 0 aromatic heterocycles. The fourth-order valence-electron chi connectivity index (χ4n) is 10.3. The largest absolute Gasteiger partial charge is 0.396 e. The van der Waals surface area contributed by atoms with E-state index in [4.69, 9.17) is 0 Å². The lowest BCUT2D eigenvalue weighted by Crippen LogP contribution is -2.32. The molecule has 1 unspecified atom stereocenters. The number of nitrogens with zero attached hydrogens (tertiary/aromatic N) is 3. The van der Waals surface area contributed by atoms with Crippen LogP contribution in [0.1, 0.15) is 317 Å². The second-order valence-electron chi connectivity index (χ2n) is 21.5. The third kappa shape index (κ3) is 38.7. The molecule has 0 spiro atoms. The first-order valence-corrected chi connectivity index (χ1v) is 30.4. The molecule has 1 aliphatic rings. The van der Waals surface area contributed by atoms with Crippen LogP contribution in [0.2, 0.25) is 0 Å². The zero-order chi connectivity index (χ0) is 47.8. The van der Waals surface area contributed by atoms with Crippen LogP contribution < -0.4 is 0 Å². The maximum absolute atomic E-state index is 13.4. The highest BCUT2D eigenvalue weighted by Crippen LogP contribution is 2.35. The molecule has 1 fully saturated rings. The fourth-order valence-corrected chi connectivity index (χ4v) is 10.3. The number of aliphatic hydroxyl groups is 1. The lowest BCUT2D eigenvalue weighted by Gasteiger charge is -2.23. The first-order valence-electron chi connectivity index (χ1n) is 30.4. The quantitative estimate of drug-likeness (QED) is 0.0617. The van der Waals surface area contributed by atoms with Gasteiger partial charge < -0.3 is 19.8 Å². The zero-order valence-electron chi connectivity index (χ0n) is 45.5. The molecule has 2 amide bonds. The monoisotopic (exact) mass is 930 g/mol. The average molecular weight is 931 g/mol. The number of carbonyl (C=O) groups excluding carboxylic acids is 2. The van der Waals surface area contributed by atoms with Crippen molar-refractivity contribution in [3.63, 3.8) is 0 Å². The Bertz CT molecular complexity index is 913. The number of unbranched alkanes of at least 4 members (excludes halogenated alkanes) is 36. The smallest absolute Gasteiger partial charge is 0.222 e. The summed E-state index contributed by atoms with van der Waals surface area (Å²) in [5, 5.41) is 9.87. The van der Waals surface area contributed by atoms with Crippen LogP contribution in [0.5, 0.6) is 0 Å². The van der Waals surface area contributed by atoms with E-state index in [1.54, 1.807) is 0 Å². The molecule has 0 bridgehead atoms. The van der Waals surface area contributed by atoms with Gasteiger partial charge in [-0.15, -0.1) is 0 Å². The van der Waals surface area contributed by atoms with Crippen molar-refractivity contribution >= 4 is 11.8 Å². The minimum atomic E-state index is 0.327. The molecule has 1 saturated carbocycles. The minimum absolute atomic E-state index is 0.327. The van der Waals surface area contributed by atoms with Crippen molar-refractivity contribution in [1.82, 2.24) is 14.7 Å². The lowest BCUT2D eigenvalue weighted by molar-refractivity contribution is -0.132. The molecule has 1 aliphatic carbocycles. The Hall–Kier alpha value is -1.14. The van der Waals surface area contributed by atoms with Gasteiger partial charge >= 0.3 is 0 Å². The van der Waals surface area contributed by atoms with Crippen LogP contribution in [-0.2, 0) is 9.59 Å². The molecule has 0 radical (unpaired) electrons. The summed E-state index contributed by atoms with van der Waals surface area (Å²) >= 11 is 0. The van der Waals surface area contributed by atoms with Gasteiger partial charge in [0, 0.05) is 51.7 Å². The predicted octanol–water partition coefficient (Wildman–Crippen LogP) is 17.6. The Morgan fingerprint density at radius 3 is 0.803 bits per heavy atom. The van der Waals surface area contributed by atoms with E-state index in [1.165, 1.54) is 244 Å². The van der Waals surface area contributed by atoms with Gasteiger partial charge in [-0.3, -0.25) is 9.59 Å². The first kappa shape index (κ1) is 62.9. The zero-order valence-corrected chi connectivity index (χ0v) is 45.5. The number of rotatable bonds is 54. The Morgan fingerprint density at radius 1 is 0.333 bits per heavy atom. The van der Waals surface area contributed by atoms with Gasteiger partial charge in [0.15, 0.2) is 0 Å². The summed E-state index contributed by atoms with van der Waals surface area (Å²) in [4.78, 5) is 34.0.